The van der Waals surface area contributed by atoms with Gasteiger partial charge in [0.25, 0.3) is 19.3 Å². The third-order valence-corrected chi connectivity index (χ3v) is 8.28. The molecule has 12 nitrogen and oxygen atoms in total. The lowest BCUT2D eigenvalue weighted by molar-refractivity contribution is -0.146. The number of amides is 3. The summed E-state index contributed by atoms with van der Waals surface area (Å²) < 4.78 is 28.5. The molecule has 1 aromatic rings. The van der Waals surface area contributed by atoms with Crippen LogP contribution in [0.3, 0.4) is 0 Å². The fraction of sp³-hybridized carbons (Fsp3) is 0.560. The van der Waals surface area contributed by atoms with Crippen molar-refractivity contribution in [2.24, 2.45) is 0 Å². The molecule has 0 bridgehead atoms. The van der Waals surface area contributed by atoms with E-state index >= 15 is 0 Å². The van der Waals surface area contributed by atoms with Gasteiger partial charge in [-0.2, -0.15) is 0 Å². The predicted octanol–water partition coefficient (Wildman–Crippen LogP) is 2.62. The lowest BCUT2D eigenvalue weighted by atomic mass is 10.1. The second kappa shape index (κ2) is 14.8. The maximum atomic E-state index is 13.4. The Labute approximate surface area is 222 Å². The minimum atomic E-state index is -3.79. The topological polar surface area (TPSA) is 157 Å². The second-order valence-electron chi connectivity index (χ2n) is 8.57. The first-order valence-corrected chi connectivity index (χ1v) is 14.3. The van der Waals surface area contributed by atoms with Crippen molar-refractivity contribution in [1.82, 2.24) is 15.3 Å². The molecule has 2 N–H and O–H groups in total. The first-order chi connectivity index (χ1) is 18.1. The maximum Gasteiger partial charge on any atom is 0.323 e. The molecule has 0 saturated carbocycles. The van der Waals surface area contributed by atoms with E-state index in [-0.39, 0.29) is 50.8 Å². The highest BCUT2D eigenvalue weighted by Gasteiger charge is 2.37. The number of carbonyl (C=O) groups excluding carboxylic acids is 5. The van der Waals surface area contributed by atoms with Gasteiger partial charge in [0.1, 0.15) is 11.8 Å². The Morgan fingerprint density at radius 3 is 2.13 bits per heavy atom. The molecule has 1 aliphatic rings. The summed E-state index contributed by atoms with van der Waals surface area (Å²) in [5, 5.41) is 5.26. The van der Waals surface area contributed by atoms with E-state index in [4.69, 9.17) is 14.0 Å². The Morgan fingerprint density at radius 1 is 0.974 bits per heavy atom. The van der Waals surface area contributed by atoms with Crippen molar-refractivity contribution < 1.29 is 42.5 Å². The third kappa shape index (κ3) is 8.21. The molecule has 0 saturated heterocycles. The molecule has 2 rings (SSSR count). The fourth-order valence-electron chi connectivity index (χ4n) is 3.90. The van der Waals surface area contributed by atoms with Gasteiger partial charge in [0.05, 0.1) is 24.3 Å². The highest BCUT2D eigenvalue weighted by molar-refractivity contribution is 7.57. The highest BCUT2D eigenvalue weighted by Crippen LogP contribution is 2.46. The number of nitrogens with zero attached hydrogens (tertiary/aromatic N) is 1. The van der Waals surface area contributed by atoms with E-state index in [2.05, 4.69) is 10.4 Å². The zero-order valence-corrected chi connectivity index (χ0v) is 23.1. The SMILES string of the molecule is CCOC(=O)CC[C@H](N[P@@](=O)(OC)[C@@H](C)NC(=O)CCCCN1C(=O)c2ccccc2C1=O)C(=O)OCC. The number of unbranched alkanes of at least 4 members (excludes halogenated alkanes) is 1. The van der Waals surface area contributed by atoms with E-state index in [0.717, 1.165) is 0 Å². The van der Waals surface area contributed by atoms with E-state index in [1.165, 1.54) is 18.9 Å². The van der Waals surface area contributed by atoms with Gasteiger partial charge < -0.3 is 19.3 Å². The second-order valence-corrected chi connectivity index (χ2v) is 11.2. The summed E-state index contributed by atoms with van der Waals surface area (Å²) >= 11 is 0. The van der Waals surface area contributed by atoms with Crippen LogP contribution in [0, 0.1) is 0 Å². The van der Waals surface area contributed by atoms with Crippen LogP contribution in [0.5, 0.6) is 0 Å². The summed E-state index contributed by atoms with van der Waals surface area (Å²) in [6, 6.07) is 5.49. The lowest BCUT2D eigenvalue weighted by Gasteiger charge is -2.28. The zero-order valence-electron chi connectivity index (χ0n) is 22.2. The number of carbonyl (C=O) groups is 5. The molecular formula is C25H36N3O9P. The van der Waals surface area contributed by atoms with Gasteiger partial charge in [-0.1, -0.05) is 12.1 Å². The monoisotopic (exact) mass is 553 g/mol. The van der Waals surface area contributed by atoms with Crippen LogP contribution < -0.4 is 10.4 Å². The van der Waals surface area contributed by atoms with Crippen LogP contribution in [0.1, 0.15) is 73.6 Å². The van der Waals surface area contributed by atoms with E-state index in [0.29, 0.717) is 24.0 Å². The number of hydrogen-bond acceptors (Lipinski definition) is 9. The zero-order chi connectivity index (χ0) is 28.3. The Morgan fingerprint density at radius 2 is 1.58 bits per heavy atom. The molecule has 3 atom stereocenters. The Kier molecular flexibility index (Phi) is 12.1. The molecule has 0 aromatic heterocycles. The number of benzene rings is 1. The van der Waals surface area contributed by atoms with Gasteiger partial charge in [-0.3, -0.25) is 33.4 Å². The molecule has 0 aliphatic carbocycles. The van der Waals surface area contributed by atoms with Crippen LogP contribution >= 0.6 is 7.52 Å². The first-order valence-electron chi connectivity index (χ1n) is 12.6. The quantitative estimate of drug-likeness (QED) is 0.135. The summed E-state index contributed by atoms with van der Waals surface area (Å²) in [5.41, 5.74) is 0.741. The number of imide groups is 1. The summed E-state index contributed by atoms with van der Waals surface area (Å²) in [6.45, 7) is 5.20. The maximum absolute atomic E-state index is 13.4. The Balaban J connectivity index is 1.88. The van der Waals surface area contributed by atoms with Crippen molar-refractivity contribution >= 4 is 37.2 Å². The van der Waals surface area contributed by atoms with Gasteiger partial charge in [0.2, 0.25) is 5.91 Å². The van der Waals surface area contributed by atoms with Gasteiger partial charge in [0, 0.05) is 26.5 Å². The molecule has 0 radical (unpaired) electrons. The van der Waals surface area contributed by atoms with Crippen molar-refractivity contribution in [3.63, 3.8) is 0 Å². The normalized spacial score (nSPS) is 15.8. The van der Waals surface area contributed by atoms with E-state index in [1.807, 2.05) is 0 Å². The molecule has 1 aliphatic heterocycles. The number of ether oxygens (including phenoxy) is 2. The minimum Gasteiger partial charge on any atom is -0.466 e. The standard InChI is InChI=1S/C25H36N3O9P/c1-5-36-22(30)15-14-20(25(33)37-6-2)27-38(34,35-4)17(3)26-21(29)13-9-10-16-28-23(31)18-11-7-8-12-19(18)24(28)32/h7-8,11-12,17,20H,5-6,9-10,13-16H2,1-4H3,(H,26,29)(H,27,34)/t17-,20-,38-/m0/s1. The number of nitrogens with one attached hydrogen (secondary N) is 2. The average molecular weight is 554 g/mol. The lowest BCUT2D eigenvalue weighted by Crippen LogP contribution is -2.43. The largest absolute Gasteiger partial charge is 0.466 e. The van der Waals surface area contributed by atoms with Crippen LogP contribution in [-0.2, 0) is 32.9 Å². The summed E-state index contributed by atoms with van der Waals surface area (Å²) in [7, 11) is -2.61. The van der Waals surface area contributed by atoms with Gasteiger partial charge >= 0.3 is 11.9 Å². The molecular weight excluding hydrogens is 517 g/mol. The van der Waals surface area contributed by atoms with Crippen LogP contribution in [0.2, 0.25) is 0 Å². The molecule has 1 heterocycles. The van der Waals surface area contributed by atoms with Crippen molar-refractivity contribution in [2.75, 3.05) is 26.9 Å². The van der Waals surface area contributed by atoms with Crippen LogP contribution in [0.15, 0.2) is 24.3 Å². The molecule has 0 spiro atoms. The van der Waals surface area contributed by atoms with Gasteiger partial charge in [-0.25, -0.2) is 5.09 Å². The number of rotatable bonds is 16. The fourth-order valence-corrected chi connectivity index (χ4v) is 5.53. The molecule has 0 unspecified atom stereocenters. The van der Waals surface area contributed by atoms with E-state index in [9.17, 15) is 28.5 Å². The van der Waals surface area contributed by atoms with Gasteiger partial charge in [-0.05, 0) is 52.2 Å². The van der Waals surface area contributed by atoms with Crippen molar-refractivity contribution in [2.45, 2.75) is 64.7 Å². The highest BCUT2D eigenvalue weighted by atomic mass is 31.2. The molecule has 1 aromatic carbocycles. The Bertz CT molecular complexity index is 1040. The van der Waals surface area contributed by atoms with Crippen molar-refractivity contribution in [1.29, 1.82) is 0 Å². The summed E-state index contributed by atoms with van der Waals surface area (Å²) in [4.78, 5) is 62.7. The van der Waals surface area contributed by atoms with Crippen LogP contribution in [-0.4, -0.2) is 73.3 Å². The molecule has 13 heteroatoms. The summed E-state index contributed by atoms with van der Waals surface area (Å²) in [5.74, 6) is -3.35. The predicted molar refractivity (Wildman–Crippen MR) is 137 cm³/mol. The molecule has 38 heavy (non-hydrogen) atoms. The minimum absolute atomic E-state index is 0.0382. The van der Waals surface area contributed by atoms with Crippen molar-refractivity contribution in [3.8, 4) is 0 Å². The van der Waals surface area contributed by atoms with Gasteiger partial charge in [-0.15, -0.1) is 0 Å². The van der Waals surface area contributed by atoms with Crippen LogP contribution in [0.25, 0.3) is 0 Å². The molecule has 210 valence electrons. The number of fused-ring (bicyclic) bond motifs is 1. The first kappa shape index (κ1) is 31.1. The number of esters is 2. The smallest absolute Gasteiger partial charge is 0.323 e. The molecule has 0 fully saturated rings. The Hall–Kier alpha value is -3.08. The number of hydrogen-bond donors (Lipinski definition) is 2. The molecule has 3 amide bonds. The van der Waals surface area contributed by atoms with E-state index < -0.39 is 37.2 Å². The van der Waals surface area contributed by atoms with Crippen LogP contribution in [0.4, 0.5) is 0 Å². The van der Waals surface area contributed by atoms with E-state index in [1.54, 1.807) is 38.1 Å². The van der Waals surface area contributed by atoms with Gasteiger partial charge in [0.15, 0.2) is 0 Å². The average Bonchev–Trinajstić information content (AvgIpc) is 3.13. The summed E-state index contributed by atoms with van der Waals surface area (Å²) in [6.07, 6.45) is 0.695. The third-order valence-electron chi connectivity index (χ3n) is 5.91. The van der Waals surface area contributed by atoms with Crippen molar-refractivity contribution in [3.05, 3.63) is 35.4 Å².